The quantitative estimate of drug-likeness (QED) is 0.404. The highest BCUT2D eigenvalue weighted by Gasteiger charge is 1.58. The zero-order valence-electron chi connectivity index (χ0n) is 4.46. The van der Waals surface area contributed by atoms with Gasteiger partial charge >= 0.3 is 0 Å². The third-order valence-electron chi connectivity index (χ3n) is 0.513. The fourth-order valence-corrected chi connectivity index (χ4v) is 0.216. The average Bonchev–Trinajstić information content (AvgIpc) is 1.69. The van der Waals surface area contributed by atoms with E-state index in [9.17, 15) is 0 Å². The fraction of sp³-hybridized carbons (Fsp3) is 0.400. The van der Waals surface area contributed by atoms with Crippen molar-refractivity contribution in [1.29, 1.82) is 0 Å². The van der Waals surface area contributed by atoms with Gasteiger partial charge in [0.25, 0.3) is 0 Å². The van der Waals surface area contributed by atoms with Gasteiger partial charge < -0.3 is 5.73 Å². The van der Waals surface area contributed by atoms with Gasteiger partial charge in [0.05, 0.1) is 6.34 Å². The lowest BCUT2D eigenvalue weighted by Gasteiger charge is -1.71. The highest BCUT2D eigenvalue weighted by atomic mass is 14.8. The van der Waals surface area contributed by atoms with E-state index in [-0.39, 0.29) is 0 Å². The molecule has 0 fully saturated rings. The second-order valence-corrected chi connectivity index (χ2v) is 1.09. The van der Waals surface area contributed by atoms with Gasteiger partial charge in [0.1, 0.15) is 0 Å². The number of aliphatic imine (C=N–C) groups is 1. The molecule has 0 saturated carbocycles. The van der Waals surface area contributed by atoms with Crippen LogP contribution in [-0.2, 0) is 0 Å². The second-order valence-electron chi connectivity index (χ2n) is 1.09. The van der Waals surface area contributed by atoms with Gasteiger partial charge in [-0.3, -0.25) is 0 Å². The summed E-state index contributed by atoms with van der Waals surface area (Å²) in [6, 6.07) is 0. The van der Waals surface area contributed by atoms with Crippen LogP contribution in [0.4, 0.5) is 0 Å². The normalized spacial score (nSPS) is 11.6. The number of hydrogen-bond donors (Lipinski definition) is 1. The molecule has 0 spiro atoms. The molecule has 2 heteroatoms. The van der Waals surface area contributed by atoms with E-state index in [0.29, 0.717) is 0 Å². The van der Waals surface area contributed by atoms with Gasteiger partial charge in [0.15, 0.2) is 0 Å². The first-order valence-corrected chi connectivity index (χ1v) is 2.30. The Morgan fingerprint density at radius 1 is 1.71 bits per heavy atom. The fourth-order valence-electron chi connectivity index (χ4n) is 0.216. The molecule has 0 aliphatic carbocycles. The highest BCUT2D eigenvalue weighted by Crippen LogP contribution is 1.76. The van der Waals surface area contributed by atoms with Crippen molar-refractivity contribution in [2.24, 2.45) is 10.7 Å². The van der Waals surface area contributed by atoms with Crippen molar-refractivity contribution in [3.8, 4) is 0 Å². The molecule has 0 rings (SSSR count). The predicted molar refractivity (Wildman–Crippen MR) is 32.1 cm³/mol. The molecule has 0 saturated heterocycles. The number of hydrogen-bond acceptors (Lipinski definition) is 1. The van der Waals surface area contributed by atoms with Crippen molar-refractivity contribution in [2.45, 2.75) is 13.3 Å². The van der Waals surface area contributed by atoms with Crippen LogP contribution in [0.5, 0.6) is 0 Å². The topological polar surface area (TPSA) is 38.4 Å². The van der Waals surface area contributed by atoms with E-state index in [1.807, 2.05) is 13.0 Å². The molecule has 7 heavy (non-hydrogen) atoms. The molecule has 0 aromatic heterocycles. The van der Waals surface area contributed by atoms with Gasteiger partial charge in [-0.15, -0.1) is 0 Å². The van der Waals surface area contributed by atoms with Crippen LogP contribution in [0.2, 0.25) is 0 Å². The minimum atomic E-state index is 1.01. The van der Waals surface area contributed by atoms with Crippen LogP contribution in [0, 0.1) is 0 Å². The maximum atomic E-state index is 4.93. The number of allylic oxidation sites excluding steroid dienone is 1. The zero-order chi connectivity index (χ0) is 5.54. The first kappa shape index (κ1) is 6.21. The number of nitrogens with zero attached hydrogens (tertiary/aromatic N) is 1. The monoisotopic (exact) mass is 98.1 g/mol. The molecular formula is C5H10N2. The molecule has 0 bridgehead atoms. The highest BCUT2D eigenvalue weighted by molar-refractivity contribution is 5.52. The molecule has 40 valence electrons. The average molecular weight is 98.1 g/mol. The lowest BCUT2D eigenvalue weighted by Crippen LogP contribution is -1.84. The van der Waals surface area contributed by atoms with Crippen LogP contribution in [0.3, 0.4) is 0 Å². The van der Waals surface area contributed by atoms with Crippen molar-refractivity contribution in [3.63, 3.8) is 0 Å². The van der Waals surface area contributed by atoms with Crippen LogP contribution in [0.1, 0.15) is 13.3 Å². The molecule has 0 amide bonds. The van der Waals surface area contributed by atoms with E-state index in [0.717, 1.165) is 6.42 Å². The van der Waals surface area contributed by atoms with E-state index in [2.05, 4.69) is 4.99 Å². The summed E-state index contributed by atoms with van der Waals surface area (Å²) in [6.45, 7) is 2.04. The third kappa shape index (κ3) is 5.21. The molecular weight excluding hydrogens is 88.1 g/mol. The molecule has 0 aromatic rings. The van der Waals surface area contributed by atoms with E-state index in [1.54, 1.807) is 6.20 Å². The Balaban J connectivity index is 3.09. The Morgan fingerprint density at radius 3 is 2.86 bits per heavy atom. The minimum Gasteiger partial charge on any atom is -0.390 e. The Kier molecular flexibility index (Phi) is 4.62. The first-order valence-electron chi connectivity index (χ1n) is 2.30. The van der Waals surface area contributed by atoms with Crippen LogP contribution in [0.25, 0.3) is 0 Å². The molecule has 0 radical (unpaired) electrons. The zero-order valence-corrected chi connectivity index (χ0v) is 4.46. The Labute approximate surface area is 43.7 Å². The van der Waals surface area contributed by atoms with E-state index in [4.69, 9.17) is 5.73 Å². The minimum absolute atomic E-state index is 1.01. The lowest BCUT2D eigenvalue weighted by molar-refractivity contribution is 1.21. The summed E-state index contributed by atoms with van der Waals surface area (Å²) in [5.74, 6) is 0. The number of nitrogens with two attached hydrogens (primary N) is 1. The lowest BCUT2D eigenvalue weighted by atomic mass is 10.5. The largest absolute Gasteiger partial charge is 0.390 e. The van der Waals surface area contributed by atoms with Crippen molar-refractivity contribution < 1.29 is 0 Å². The third-order valence-corrected chi connectivity index (χ3v) is 0.513. The summed E-state index contributed by atoms with van der Waals surface area (Å²) in [4.78, 5) is 3.63. The maximum Gasteiger partial charge on any atom is 0.0852 e. The Hall–Kier alpha value is -0.790. The molecule has 2 N–H and O–H groups in total. The van der Waals surface area contributed by atoms with Crippen LogP contribution in [0.15, 0.2) is 17.3 Å². The van der Waals surface area contributed by atoms with Crippen molar-refractivity contribution >= 4 is 6.34 Å². The summed E-state index contributed by atoms with van der Waals surface area (Å²) in [6.07, 6.45) is 5.90. The molecule has 0 aliphatic heterocycles. The number of rotatable bonds is 2. The van der Waals surface area contributed by atoms with Crippen molar-refractivity contribution in [1.82, 2.24) is 0 Å². The van der Waals surface area contributed by atoms with Gasteiger partial charge in [-0.05, 0) is 6.42 Å². The second kappa shape index (κ2) is 5.21. The standard InChI is InChI=1S/C5H10N2/c1-2-3-4-7-5-6/h3-5H,2H2,1H3,(H2,6,7)/b4-3+. The van der Waals surface area contributed by atoms with Gasteiger partial charge in [-0.25, -0.2) is 4.99 Å². The first-order chi connectivity index (χ1) is 3.41. The van der Waals surface area contributed by atoms with Gasteiger partial charge in [-0.1, -0.05) is 13.0 Å². The van der Waals surface area contributed by atoms with Crippen LogP contribution >= 0.6 is 0 Å². The van der Waals surface area contributed by atoms with Gasteiger partial charge in [0, 0.05) is 6.20 Å². The van der Waals surface area contributed by atoms with E-state index < -0.39 is 0 Å². The molecule has 0 heterocycles. The van der Waals surface area contributed by atoms with Gasteiger partial charge in [-0.2, -0.15) is 0 Å². The molecule has 0 unspecified atom stereocenters. The summed E-state index contributed by atoms with van der Waals surface area (Å²) in [5.41, 5.74) is 4.93. The van der Waals surface area contributed by atoms with Crippen molar-refractivity contribution in [2.75, 3.05) is 0 Å². The maximum absolute atomic E-state index is 4.93. The SMILES string of the molecule is CC/C=C/N=CN. The summed E-state index contributed by atoms with van der Waals surface area (Å²) in [7, 11) is 0. The van der Waals surface area contributed by atoms with Crippen LogP contribution in [-0.4, -0.2) is 6.34 Å². The van der Waals surface area contributed by atoms with Crippen molar-refractivity contribution in [3.05, 3.63) is 12.3 Å². The summed E-state index contributed by atoms with van der Waals surface area (Å²) < 4.78 is 0. The predicted octanol–water partition coefficient (Wildman–Crippen LogP) is 0.897. The van der Waals surface area contributed by atoms with Crippen LogP contribution < -0.4 is 5.73 Å². The van der Waals surface area contributed by atoms with E-state index >= 15 is 0 Å². The molecule has 2 nitrogen and oxygen atoms in total. The summed E-state index contributed by atoms with van der Waals surface area (Å²) in [5, 5.41) is 0. The van der Waals surface area contributed by atoms with E-state index in [1.165, 1.54) is 6.34 Å². The molecule has 0 aromatic carbocycles. The Bertz CT molecular complexity index is 74.1. The summed E-state index contributed by atoms with van der Waals surface area (Å²) >= 11 is 0. The van der Waals surface area contributed by atoms with Gasteiger partial charge in [0.2, 0.25) is 0 Å². The molecule has 0 atom stereocenters. The Morgan fingerprint density at radius 2 is 2.43 bits per heavy atom. The molecule has 0 aliphatic rings. The smallest absolute Gasteiger partial charge is 0.0852 e.